The number of aromatic carboxylic acids is 1. The zero-order valence-corrected chi connectivity index (χ0v) is 21.9. The third-order valence-electron chi connectivity index (χ3n) is 4.62. The summed E-state index contributed by atoms with van der Waals surface area (Å²) in [4.78, 5) is 24.1. The first-order valence-corrected chi connectivity index (χ1v) is 9.92. The van der Waals surface area contributed by atoms with Crippen LogP contribution >= 0.6 is 0 Å². The molecule has 2 aromatic rings. The standard InChI is InChI=1S/C11H14N2O.C7H7NO2.C4H9N.BH.U/c12-10-5-3-4-9(8-10)11(14)13-6-1-2-7-13;8-6-3-1-2-5(4-6)7(9)10;1-2-4-5-3-1;;/h3-5,8H,1-2,6-7,12H2;1-4H,8H2,(H,9,10);5H,1-4H2;1H;/i;;;1T;. The second-order valence-corrected chi connectivity index (χ2v) is 7.01. The molecule has 2 radical (unpaired) electrons. The summed E-state index contributed by atoms with van der Waals surface area (Å²) in [6, 6.07) is 13.3. The molecule has 2 saturated heterocycles. The van der Waals surface area contributed by atoms with Crippen LogP contribution in [0.4, 0.5) is 11.4 Å². The van der Waals surface area contributed by atoms with Gasteiger partial charge in [0.2, 0.25) is 0 Å². The van der Waals surface area contributed by atoms with Crippen molar-refractivity contribution in [3.63, 3.8) is 0 Å². The van der Waals surface area contributed by atoms with Crippen LogP contribution < -0.4 is 16.8 Å². The number of carboxylic acid groups (broad SMARTS) is 1. The van der Waals surface area contributed by atoms with Crippen LogP contribution in [0.2, 0.25) is 0 Å². The van der Waals surface area contributed by atoms with Crippen molar-refractivity contribution in [2.75, 3.05) is 37.6 Å². The SMILES string of the molecule is C1CCNC1.Nc1cccc(C(=O)N2CCCC2)c1.Nc1cccc(C(=O)O)c1.[3H][B].[U]. The minimum Gasteiger partial charge on any atom is -0.478 e. The maximum Gasteiger partial charge on any atom is 0.335 e. The van der Waals surface area contributed by atoms with Crippen molar-refractivity contribution in [3.8, 4) is 0 Å². The maximum atomic E-state index is 11.9. The van der Waals surface area contributed by atoms with Gasteiger partial charge in [0.1, 0.15) is 0 Å². The first-order chi connectivity index (χ1) is 15.0. The molecule has 1 amide bonds. The molecule has 7 nitrogen and oxygen atoms in total. The van der Waals surface area contributed by atoms with E-state index in [0.29, 0.717) is 16.9 Å². The van der Waals surface area contributed by atoms with E-state index in [0.717, 1.165) is 25.9 Å². The zero-order chi connectivity index (χ0) is 23.1. The Balaban J connectivity index is 0.000000467. The topological polar surface area (TPSA) is 122 Å². The van der Waals surface area contributed by atoms with Crippen molar-refractivity contribution in [1.82, 2.24) is 10.2 Å². The Kier molecular flexibility index (Phi) is 13.8. The molecule has 2 fully saturated rings. The van der Waals surface area contributed by atoms with Gasteiger partial charge in [0.25, 0.3) is 5.91 Å². The molecule has 31 heavy (non-hydrogen) atoms. The molecule has 2 aromatic carbocycles. The van der Waals surface area contributed by atoms with Gasteiger partial charge in [-0.05, 0) is 76.5 Å². The number of carbonyl (C=O) groups excluding carboxylic acids is 1. The molecule has 0 bridgehead atoms. The molecule has 2 heterocycles. The van der Waals surface area contributed by atoms with Crippen LogP contribution in [0.15, 0.2) is 48.5 Å². The van der Waals surface area contributed by atoms with E-state index < -0.39 is 5.97 Å². The third-order valence-corrected chi connectivity index (χ3v) is 4.62. The Morgan fingerprint density at radius 3 is 1.77 bits per heavy atom. The molecule has 9 heteroatoms. The van der Waals surface area contributed by atoms with E-state index in [-0.39, 0.29) is 42.6 Å². The molecular formula is C22H31BN4O3U. The second-order valence-electron chi connectivity index (χ2n) is 7.01. The number of hydrogen-bond donors (Lipinski definition) is 4. The Morgan fingerprint density at radius 2 is 1.39 bits per heavy atom. The summed E-state index contributed by atoms with van der Waals surface area (Å²) >= 11 is 0. The van der Waals surface area contributed by atoms with Crippen LogP contribution in [-0.2, 0) is 0 Å². The van der Waals surface area contributed by atoms with Crippen molar-refractivity contribution in [2.24, 2.45) is 0 Å². The van der Waals surface area contributed by atoms with Gasteiger partial charge in [-0.3, -0.25) is 4.79 Å². The fourth-order valence-electron chi connectivity index (χ4n) is 3.07. The number of nitrogens with one attached hydrogen (secondary N) is 1. The number of carbonyl (C=O) groups is 2. The first-order valence-electron chi connectivity index (χ1n) is 10.5. The third kappa shape index (κ3) is 10.8. The van der Waals surface area contributed by atoms with Crippen molar-refractivity contribution in [1.29, 1.82) is 1.34 Å². The van der Waals surface area contributed by atoms with Crippen LogP contribution in [0, 0.1) is 31.1 Å². The van der Waals surface area contributed by atoms with Gasteiger partial charge < -0.3 is 26.8 Å². The number of likely N-dealkylation sites (tertiary alicyclic amines) is 1. The summed E-state index contributed by atoms with van der Waals surface area (Å²) in [7, 11) is 3.75. The molecule has 0 atom stereocenters. The van der Waals surface area contributed by atoms with E-state index in [1.807, 2.05) is 17.0 Å². The molecule has 0 aliphatic carbocycles. The van der Waals surface area contributed by atoms with E-state index in [2.05, 4.69) is 13.7 Å². The molecule has 0 saturated carbocycles. The monoisotopic (exact) mass is 650 g/mol. The minimum absolute atomic E-state index is 0. The van der Waals surface area contributed by atoms with Gasteiger partial charge in [-0.1, -0.05) is 12.1 Å². The molecule has 2 aliphatic heterocycles. The molecule has 2 aliphatic rings. The van der Waals surface area contributed by atoms with Crippen LogP contribution in [0.25, 0.3) is 0 Å². The van der Waals surface area contributed by atoms with Crippen molar-refractivity contribution >= 4 is 31.6 Å². The zero-order valence-electron chi connectivity index (χ0n) is 18.7. The Labute approximate surface area is 211 Å². The quantitative estimate of drug-likeness (QED) is 0.292. The number of nitrogens with two attached hydrogens (primary N) is 2. The van der Waals surface area contributed by atoms with Crippen LogP contribution in [0.1, 0.15) is 46.4 Å². The Morgan fingerprint density at radius 1 is 0.903 bits per heavy atom. The number of rotatable bonds is 2. The maximum absolute atomic E-state index is 11.9. The number of benzene rings is 2. The van der Waals surface area contributed by atoms with Gasteiger partial charge in [0, 0.05) is 69.5 Å². The number of anilines is 2. The van der Waals surface area contributed by atoms with Gasteiger partial charge in [0.05, 0.1) is 5.56 Å². The number of amides is 1. The molecule has 6 N–H and O–H groups in total. The summed E-state index contributed by atoms with van der Waals surface area (Å²) < 4.78 is 5.25. The summed E-state index contributed by atoms with van der Waals surface area (Å²) in [5, 5.41) is 11.7. The molecule has 4 rings (SSSR count). The summed E-state index contributed by atoms with van der Waals surface area (Å²) in [6.07, 6.45) is 5.02. The van der Waals surface area contributed by atoms with E-state index in [1.54, 1.807) is 24.3 Å². The van der Waals surface area contributed by atoms with Gasteiger partial charge in [-0.2, -0.15) is 0 Å². The summed E-state index contributed by atoms with van der Waals surface area (Å²) in [6.45, 7) is 4.27. The van der Waals surface area contributed by atoms with E-state index >= 15 is 0 Å². The van der Waals surface area contributed by atoms with Crippen molar-refractivity contribution < 1.29 is 45.8 Å². The van der Waals surface area contributed by atoms with Gasteiger partial charge in [-0.25, -0.2) is 4.79 Å². The number of carboxylic acids is 1. The predicted octanol–water partition coefficient (Wildman–Crippen LogP) is 2.19. The second kappa shape index (κ2) is 15.8. The minimum atomic E-state index is -0.952. The largest absolute Gasteiger partial charge is 0.478 e. The Hall–Kier alpha value is -1.94. The number of nitrogen functional groups attached to an aromatic ring is 2. The summed E-state index contributed by atoms with van der Waals surface area (Å²) in [5.74, 6) is -0.845. The molecule has 164 valence electrons. The average Bonchev–Trinajstić information content (AvgIpc) is 3.52. The van der Waals surface area contributed by atoms with E-state index in [9.17, 15) is 9.59 Å². The van der Waals surface area contributed by atoms with E-state index in [1.165, 1.54) is 38.1 Å². The fraction of sp³-hybridized carbons (Fsp3) is 0.364. The molecule has 0 spiro atoms. The van der Waals surface area contributed by atoms with Gasteiger partial charge >= 0.3 is 5.97 Å². The van der Waals surface area contributed by atoms with Gasteiger partial charge in [-0.15, -0.1) is 0 Å². The predicted molar refractivity (Wildman–Crippen MR) is 123 cm³/mol. The number of nitrogens with zero attached hydrogens (tertiary/aromatic N) is 1. The molecule has 0 unspecified atom stereocenters. The van der Waals surface area contributed by atoms with Crippen LogP contribution in [0.3, 0.4) is 0 Å². The van der Waals surface area contributed by atoms with E-state index in [4.69, 9.17) is 17.9 Å². The smallest absolute Gasteiger partial charge is 0.335 e. The fourth-order valence-corrected chi connectivity index (χ4v) is 3.07. The van der Waals surface area contributed by atoms with Crippen LogP contribution in [-0.4, -0.2) is 57.8 Å². The average molecular weight is 650 g/mol. The molecular weight excluding hydrogens is 617 g/mol. The molecule has 0 aromatic heterocycles. The Bertz CT molecular complexity index is 812. The normalized spacial score (nSPS) is 14.2. The van der Waals surface area contributed by atoms with Crippen LogP contribution in [0.5, 0.6) is 0 Å². The van der Waals surface area contributed by atoms with Crippen molar-refractivity contribution in [2.45, 2.75) is 25.7 Å². The van der Waals surface area contributed by atoms with Crippen molar-refractivity contribution in [3.05, 3.63) is 59.7 Å². The first kappa shape index (κ1) is 27.1. The number of hydrogen-bond acceptors (Lipinski definition) is 5. The van der Waals surface area contributed by atoms with Gasteiger partial charge in [0.15, 0.2) is 0 Å². The summed E-state index contributed by atoms with van der Waals surface area (Å²) in [5.41, 5.74) is 13.0.